The van der Waals surface area contributed by atoms with Gasteiger partial charge in [-0.1, -0.05) is 30.9 Å². The number of rotatable bonds is 4. The van der Waals surface area contributed by atoms with E-state index in [1.54, 1.807) is 6.07 Å². The molecule has 0 radical (unpaired) electrons. The summed E-state index contributed by atoms with van der Waals surface area (Å²) < 4.78 is 0. The van der Waals surface area contributed by atoms with Gasteiger partial charge in [0.1, 0.15) is 5.69 Å². The molecule has 4 N–H and O–H groups in total. The SMILES string of the molecule is CCCC#Cc1ccccc(-c2c[nH]c3ccc(N)cc23)nc(C(=O)NCC)cc1. The van der Waals surface area contributed by atoms with Crippen LogP contribution in [0.3, 0.4) is 0 Å². The molecule has 2 aromatic heterocycles. The van der Waals surface area contributed by atoms with Crippen LogP contribution in [-0.4, -0.2) is 22.4 Å². The van der Waals surface area contributed by atoms with Gasteiger partial charge in [-0.25, -0.2) is 4.98 Å². The van der Waals surface area contributed by atoms with E-state index in [-0.39, 0.29) is 5.91 Å². The Kier molecular flexibility index (Phi) is 7.07. The Labute approximate surface area is 177 Å². The standard InChI is InChI=1S/C25H26N4O/c1-3-5-6-9-18-10-7-8-11-23(29-24(14-12-18)25(30)27-4-2)21-17-28-22-15-13-19(26)16-20(21)22/h7-8,10-17,28H,3-5,26H2,1-2H3,(H,27,30). The van der Waals surface area contributed by atoms with Crippen LogP contribution >= 0.6 is 0 Å². The third-order valence-electron chi connectivity index (χ3n) is 4.46. The maximum Gasteiger partial charge on any atom is 0.269 e. The summed E-state index contributed by atoms with van der Waals surface area (Å²) in [5.74, 6) is 6.05. The average molecular weight is 399 g/mol. The van der Waals surface area contributed by atoms with Crippen molar-refractivity contribution in [2.75, 3.05) is 12.3 Å². The largest absolute Gasteiger partial charge is 0.399 e. The van der Waals surface area contributed by atoms with E-state index in [0.717, 1.165) is 34.9 Å². The maximum absolute atomic E-state index is 12.6. The number of aromatic amines is 1. The molecule has 30 heavy (non-hydrogen) atoms. The number of H-pyrrole nitrogens is 1. The number of hydrogen-bond acceptors (Lipinski definition) is 3. The molecule has 2 heterocycles. The van der Waals surface area contributed by atoms with E-state index in [1.165, 1.54) is 0 Å². The topological polar surface area (TPSA) is 83.8 Å². The van der Waals surface area contributed by atoms with E-state index in [0.29, 0.717) is 23.6 Å². The van der Waals surface area contributed by atoms with Gasteiger partial charge in [-0.05, 0) is 55.8 Å². The molecule has 0 spiro atoms. The van der Waals surface area contributed by atoms with Crippen molar-refractivity contribution in [3.8, 4) is 23.1 Å². The zero-order valence-corrected chi connectivity index (χ0v) is 17.3. The number of benzene rings is 1. The number of carbonyl (C=O) groups is 1. The van der Waals surface area contributed by atoms with Crippen molar-refractivity contribution in [3.05, 3.63) is 72.1 Å². The highest BCUT2D eigenvalue weighted by Gasteiger charge is 2.10. The second-order valence-corrected chi connectivity index (χ2v) is 6.81. The van der Waals surface area contributed by atoms with E-state index < -0.39 is 0 Å². The number of amides is 1. The third-order valence-corrected chi connectivity index (χ3v) is 4.46. The van der Waals surface area contributed by atoms with Gasteiger partial charge in [0.05, 0.1) is 5.69 Å². The summed E-state index contributed by atoms with van der Waals surface area (Å²) >= 11 is 0. The molecule has 0 fully saturated rings. The number of nitrogens with one attached hydrogen (secondary N) is 2. The van der Waals surface area contributed by atoms with Crippen LogP contribution in [0, 0.1) is 11.8 Å². The van der Waals surface area contributed by atoms with Crippen LogP contribution in [0.5, 0.6) is 0 Å². The van der Waals surface area contributed by atoms with Crippen LogP contribution in [-0.2, 0) is 0 Å². The number of hydrogen-bond donors (Lipinski definition) is 3. The van der Waals surface area contributed by atoms with E-state index in [9.17, 15) is 4.79 Å². The lowest BCUT2D eigenvalue weighted by atomic mass is 10.1. The van der Waals surface area contributed by atoms with Crippen molar-refractivity contribution in [1.29, 1.82) is 0 Å². The van der Waals surface area contributed by atoms with Crippen LogP contribution in [0.25, 0.3) is 22.2 Å². The maximum atomic E-state index is 12.6. The highest BCUT2D eigenvalue weighted by molar-refractivity contribution is 5.97. The Morgan fingerprint density at radius 3 is 2.77 bits per heavy atom. The summed E-state index contributed by atoms with van der Waals surface area (Å²) in [5, 5.41) is 3.78. The van der Waals surface area contributed by atoms with Gasteiger partial charge >= 0.3 is 0 Å². The summed E-state index contributed by atoms with van der Waals surface area (Å²) in [6.07, 6.45) is 3.72. The number of aromatic nitrogens is 2. The zero-order chi connectivity index (χ0) is 21.3. The molecular weight excluding hydrogens is 372 g/mol. The first-order valence-corrected chi connectivity index (χ1v) is 10.1. The molecule has 0 aliphatic carbocycles. The van der Waals surface area contributed by atoms with E-state index >= 15 is 0 Å². The number of fused-ring (bicyclic) bond motifs is 1. The molecule has 1 aromatic carbocycles. The fourth-order valence-corrected chi connectivity index (χ4v) is 2.99. The Hall–Kier alpha value is -3.78. The second-order valence-electron chi connectivity index (χ2n) is 6.81. The first-order chi connectivity index (χ1) is 14.6. The fraction of sp³-hybridized carbons (Fsp3) is 0.200. The third kappa shape index (κ3) is 5.18. The summed E-state index contributed by atoms with van der Waals surface area (Å²) in [6.45, 7) is 4.50. The van der Waals surface area contributed by atoms with Crippen LogP contribution in [0.15, 0.2) is 60.8 Å². The minimum absolute atomic E-state index is 0.232. The van der Waals surface area contributed by atoms with Gasteiger partial charge in [-0.3, -0.25) is 4.79 Å². The lowest BCUT2D eigenvalue weighted by molar-refractivity contribution is 0.0951. The van der Waals surface area contributed by atoms with Gasteiger partial charge in [0.25, 0.3) is 5.91 Å². The van der Waals surface area contributed by atoms with Crippen molar-refractivity contribution < 1.29 is 4.79 Å². The zero-order valence-electron chi connectivity index (χ0n) is 17.3. The van der Waals surface area contributed by atoms with Gasteiger partial charge in [-0.15, -0.1) is 0 Å². The molecule has 0 unspecified atom stereocenters. The van der Waals surface area contributed by atoms with Gasteiger partial charge in [0, 0.05) is 46.9 Å². The second kappa shape index (κ2) is 10.1. The molecule has 0 saturated carbocycles. The summed E-state index contributed by atoms with van der Waals surface area (Å²) in [7, 11) is 0. The quantitative estimate of drug-likeness (QED) is 0.434. The average Bonchev–Trinajstić information content (AvgIpc) is 3.15. The highest BCUT2D eigenvalue weighted by atomic mass is 16.1. The summed E-state index contributed by atoms with van der Waals surface area (Å²) in [5.41, 5.74) is 10.3. The van der Waals surface area contributed by atoms with Gasteiger partial charge in [0.15, 0.2) is 0 Å². The number of anilines is 1. The van der Waals surface area contributed by atoms with Crippen molar-refractivity contribution in [3.63, 3.8) is 0 Å². The monoisotopic (exact) mass is 398 g/mol. The Bertz CT molecular complexity index is 1170. The first kappa shape index (κ1) is 20.9. The molecule has 0 bridgehead atoms. The smallest absolute Gasteiger partial charge is 0.269 e. The Morgan fingerprint density at radius 1 is 1.13 bits per heavy atom. The molecule has 3 rings (SSSR count). The predicted octanol–water partition coefficient (Wildman–Crippen LogP) is 4.84. The molecule has 0 saturated heterocycles. The first-order valence-electron chi connectivity index (χ1n) is 10.1. The molecule has 5 heteroatoms. The predicted molar refractivity (Wildman–Crippen MR) is 123 cm³/mol. The number of nitrogens with zero attached hydrogens (tertiary/aromatic N) is 1. The summed E-state index contributed by atoms with van der Waals surface area (Å²) in [6, 6.07) is 16.9. The lowest BCUT2D eigenvalue weighted by Gasteiger charge is -2.03. The van der Waals surface area contributed by atoms with Crippen LogP contribution in [0.2, 0.25) is 0 Å². The van der Waals surface area contributed by atoms with Crippen molar-refractivity contribution in [2.24, 2.45) is 0 Å². The Morgan fingerprint density at radius 2 is 1.97 bits per heavy atom. The van der Waals surface area contributed by atoms with Crippen molar-refractivity contribution in [2.45, 2.75) is 26.7 Å². The van der Waals surface area contributed by atoms with Crippen LogP contribution in [0.4, 0.5) is 5.69 Å². The normalized spacial score (nSPS) is 10.1. The van der Waals surface area contributed by atoms with Crippen LogP contribution in [0.1, 0.15) is 42.7 Å². The number of carbonyl (C=O) groups excluding carboxylic acids is 1. The number of nitrogen functional groups attached to an aromatic ring is 1. The molecule has 3 aromatic rings. The van der Waals surface area contributed by atoms with E-state index in [2.05, 4.69) is 29.1 Å². The van der Waals surface area contributed by atoms with Crippen molar-refractivity contribution in [1.82, 2.24) is 15.3 Å². The van der Waals surface area contributed by atoms with E-state index in [4.69, 9.17) is 10.7 Å². The van der Waals surface area contributed by atoms with Gasteiger partial charge in [-0.2, -0.15) is 0 Å². The summed E-state index contributed by atoms with van der Waals surface area (Å²) in [4.78, 5) is 20.6. The number of nitrogens with two attached hydrogens (primary N) is 1. The molecule has 0 aliphatic heterocycles. The van der Waals surface area contributed by atoms with Crippen LogP contribution < -0.4 is 11.1 Å². The number of unbranched alkanes of at least 4 members (excludes halogenated alkanes) is 1. The van der Waals surface area contributed by atoms with Gasteiger partial charge in [0.2, 0.25) is 0 Å². The minimum atomic E-state index is -0.232. The lowest BCUT2D eigenvalue weighted by Crippen LogP contribution is -2.23. The van der Waals surface area contributed by atoms with E-state index in [1.807, 2.05) is 61.7 Å². The van der Waals surface area contributed by atoms with Crippen molar-refractivity contribution >= 4 is 22.5 Å². The minimum Gasteiger partial charge on any atom is -0.399 e. The molecule has 1 amide bonds. The molecular formula is C25H26N4O. The van der Waals surface area contributed by atoms with Gasteiger partial charge < -0.3 is 16.0 Å². The highest BCUT2D eigenvalue weighted by Crippen LogP contribution is 2.28. The fourth-order valence-electron chi connectivity index (χ4n) is 2.99. The molecule has 5 nitrogen and oxygen atoms in total. The Balaban J connectivity index is 2.19. The molecule has 0 aliphatic rings. The molecule has 0 atom stereocenters. The molecule has 152 valence electrons.